The van der Waals surface area contributed by atoms with Gasteiger partial charge in [-0.05, 0) is 13.3 Å². The van der Waals surface area contributed by atoms with Crippen molar-refractivity contribution >= 4 is 28.4 Å². The molecule has 0 aromatic carbocycles. The van der Waals surface area contributed by atoms with E-state index in [1.54, 1.807) is 19.2 Å². The second-order valence-corrected chi connectivity index (χ2v) is 7.80. The molecule has 0 spiro atoms. The zero-order valence-electron chi connectivity index (χ0n) is 16.7. The van der Waals surface area contributed by atoms with E-state index in [2.05, 4.69) is 25.4 Å². The van der Waals surface area contributed by atoms with Crippen LogP contribution in [0.3, 0.4) is 0 Å². The molecular formula is C19H21F2N7O2. The third kappa shape index (κ3) is 3.80. The van der Waals surface area contributed by atoms with Crippen molar-refractivity contribution in [3.63, 3.8) is 0 Å². The van der Waals surface area contributed by atoms with Crippen LogP contribution in [0.2, 0.25) is 0 Å². The number of fused-ring (bicyclic) bond motifs is 1. The SMILES string of the molecule is CC(=O)Nc1cc2c(cn1)c(N1CCC(C)(O)C1)nn2-c1ccnc(C(C)(F)F)n1. The smallest absolute Gasteiger partial charge is 0.303 e. The van der Waals surface area contributed by atoms with Crippen LogP contribution in [0.25, 0.3) is 16.7 Å². The lowest BCUT2D eigenvalue weighted by Crippen LogP contribution is -2.29. The lowest BCUT2D eigenvalue weighted by Gasteiger charge is -2.18. The van der Waals surface area contributed by atoms with E-state index in [0.29, 0.717) is 42.0 Å². The molecule has 1 unspecified atom stereocenters. The summed E-state index contributed by atoms with van der Waals surface area (Å²) in [4.78, 5) is 25.2. The van der Waals surface area contributed by atoms with Gasteiger partial charge in [-0.15, -0.1) is 5.10 Å². The van der Waals surface area contributed by atoms with E-state index in [1.807, 2.05) is 4.90 Å². The Balaban J connectivity index is 1.88. The third-order valence-corrected chi connectivity index (χ3v) is 4.85. The number of β-amino-alcohol motifs (C(OH)–C–C–N with tert-alkyl or cyclic N) is 1. The summed E-state index contributed by atoms with van der Waals surface area (Å²) in [6, 6.07) is 3.08. The number of aromatic nitrogens is 5. The second-order valence-electron chi connectivity index (χ2n) is 7.80. The highest BCUT2D eigenvalue weighted by atomic mass is 19.3. The number of halogens is 2. The fourth-order valence-electron chi connectivity index (χ4n) is 3.46. The fourth-order valence-corrected chi connectivity index (χ4v) is 3.46. The molecule has 0 radical (unpaired) electrons. The monoisotopic (exact) mass is 417 g/mol. The number of hydrogen-bond acceptors (Lipinski definition) is 7. The van der Waals surface area contributed by atoms with Crippen molar-refractivity contribution in [1.29, 1.82) is 0 Å². The molecule has 9 nitrogen and oxygen atoms in total. The van der Waals surface area contributed by atoms with Crippen LogP contribution in [-0.4, -0.2) is 54.4 Å². The standard InChI is InChI=1S/C19H21F2N7O2/c1-11(29)24-14-8-13-12(9-23-14)16(27-7-5-18(2,30)10-27)26-28(13)15-4-6-22-17(25-15)19(3,20)21/h4,6,8-9,30H,5,7,10H2,1-3H3,(H,23,24,29). The van der Waals surface area contributed by atoms with Crippen molar-refractivity contribution in [1.82, 2.24) is 24.7 Å². The second kappa shape index (κ2) is 6.94. The summed E-state index contributed by atoms with van der Waals surface area (Å²) >= 11 is 0. The Bertz CT molecular complexity index is 1120. The molecule has 30 heavy (non-hydrogen) atoms. The highest BCUT2D eigenvalue weighted by molar-refractivity contribution is 5.95. The highest BCUT2D eigenvalue weighted by Gasteiger charge is 2.34. The van der Waals surface area contributed by atoms with Crippen molar-refractivity contribution in [2.75, 3.05) is 23.3 Å². The Morgan fingerprint density at radius 2 is 2.13 bits per heavy atom. The van der Waals surface area contributed by atoms with Crippen LogP contribution in [0.5, 0.6) is 0 Å². The van der Waals surface area contributed by atoms with Gasteiger partial charge in [-0.25, -0.2) is 19.6 Å². The van der Waals surface area contributed by atoms with E-state index in [4.69, 9.17) is 0 Å². The van der Waals surface area contributed by atoms with Crippen molar-refractivity contribution < 1.29 is 18.7 Å². The Morgan fingerprint density at radius 1 is 1.37 bits per heavy atom. The molecule has 158 valence electrons. The van der Waals surface area contributed by atoms with Crippen LogP contribution in [0.15, 0.2) is 24.5 Å². The maximum absolute atomic E-state index is 13.8. The Labute approximate surface area is 170 Å². The van der Waals surface area contributed by atoms with Crippen molar-refractivity contribution in [2.45, 2.75) is 38.7 Å². The molecule has 3 aromatic heterocycles. The molecule has 1 amide bonds. The van der Waals surface area contributed by atoms with Crippen LogP contribution >= 0.6 is 0 Å². The minimum atomic E-state index is -3.21. The summed E-state index contributed by atoms with van der Waals surface area (Å²) in [6.45, 7) is 4.79. The third-order valence-electron chi connectivity index (χ3n) is 4.85. The average Bonchev–Trinajstić information content (AvgIpc) is 3.20. The van der Waals surface area contributed by atoms with Gasteiger partial charge in [0.15, 0.2) is 11.6 Å². The fraction of sp³-hybridized carbons (Fsp3) is 0.421. The summed E-state index contributed by atoms with van der Waals surface area (Å²) in [5, 5.41) is 18.2. The number of nitrogens with one attached hydrogen (secondary N) is 1. The number of carbonyl (C=O) groups excluding carboxylic acids is 1. The highest BCUT2D eigenvalue weighted by Crippen LogP contribution is 2.33. The predicted molar refractivity (Wildman–Crippen MR) is 106 cm³/mol. The number of carbonyl (C=O) groups is 1. The van der Waals surface area contributed by atoms with Crippen LogP contribution in [0.1, 0.15) is 33.0 Å². The molecule has 1 aliphatic heterocycles. The summed E-state index contributed by atoms with van der Waals surface area (Å²) in [6.07, 6.45) is 3.38. The Kier molecular flexibility index (Phi) is 4.64. The molecule has 4 rings (SSSR count). The topological polar surface area (TPSA) is 109 Å². The number of aliphatic hydroxyl groups is 1. The predicted octanol–water partition coefficient (Wildman–Crippen LogP) is 2.24. The van der Waals surface area contributed by atoms with Gasteiger partial charge < -0.3 is 15.3 Å². The molecule has 0 saturated carbocycles. The summed E-state index contributed by atoms with van der Waals surface area (Å²) in [5.74, 6) is -3.12. The Morgan fingerprint density at radius 3 is 2.77 bits per heavy atom. The molecule has 1 fully saturated rings. The zero-order valence-corrected chi connectivity index (χ0v) is 16.7. The zero-order chi connectivity index (χ0) is 21.7. The van der Waals surface area contributed by atoms with E-state index >= 15 is 0 Å². The summed E-state index contributed by atoms with van der Waals surface area (Å²) in [5.41, 5.74) is -0.328. The van der Waals surface area contributed by atoms with Crippen LogP contribution in [0, 0.1) is 0 Å². The summed E-state index contributed by atoms with van der Waals surface area (Å²) in [7, 11) is 0. The quantitative estimate of drug-likeness (QED) is 0.670. The normalized spacial score (nSPS) is 19.5. The van der Waals surface area contributed by atoms with Gasteiger partial charge in [-0.3, -0.25) is 4.79 Å². The molecule has 1 saturated heterocycles. The number of hydrogen-bond donors (Lipinski definition) is 2. The van der Waals surface area contributed by atoms with E-state index < -0.39 is 17.3 Å². The van der Waals surface area contributed by atoms with Gasteiger partial charge in [0, 0.05) is 51.5 Å². The number of rotatable bonds is 4. The number of alkyl halides is 2. The molecule has 2 N–H and O–H groups in total. The average molecular weight is 417 g/mol. The van der Waals surface area contributed by atoms with Gasteiger partial charge in [-0.1, -0.05) is 0 Å². The van der Waals surface area contributed by atoms with Crippen LogP contribution < -0.4 is 10.2 Å². The maximum Gasteiger partial charge on any atom is 0.303 e. The number of nitrogens with zero attached hydrogens (tertiary/aromatic N) is 6. The molecule has 11 heteroatoms. The summed E-state index contributed by atoms with van der Waals surface area (Å²) < 4.78 is 28.9. The molecule has 4 heterocycles. The lowest BCUT2D eigenvalue weighted by atomic mass is 10.1. The molecule has 3 aromatic rings. The minimum Gasteiger partial charge on any atom is -0.388 e. The first-order valence-corrected chi connectivity index (χ1v) is 9.39. The van der Waals surface area contributed by atoms with E-state index in [1.165, 1.54) is 23.9 Å². The lowest BCUT2D eigenvalue weighted by molar-refractivity contribution is -0.114. The van der Waals surface area contributed by atoms with Gasteiger partial charge in [0.1, 0.15) is 5.82 Å². The van der Waals surface area contributed by atoms with Gasteiger partial charge in [0.25, 0.3) is 0 Å². The molecule has 1 atom stereocenters. The first kappa shape index (κ1) is 20.1. The van der Waals surface area contributed by atoms with Crippen molar-refractivity contribution in [3.05, 3.63) is 30.4 Å². The molecule has 1 aliphatic rings. The maximum atomic E-state index is 13.8. The van der Waals surface area contributed by atoms with Gasteiger partial charge in [0.2, 0.25) is 11.7 Å². The van der Waals surface area contributed by atoms with Gasteiger partial charge >= 0.3 is 5.92 Å². The number of pyridine rings is 1. The van der Waals surface area contributed by atoms with Gasteiger partial charge in [-0.2, -0.15) is 8.78 Å². The first-order chi connectivity index (χ1) is 14.0. The number of amides is 1. The minimum absolute atomic E-state index is 0.156. The van der Waals surface area contributed by atoms with E-state index in [-0.39, 0.29) is 11.7 Å². The Hall–Kier alpha value is -3.21. The van der Waals surface area contributed by atoms with E-state index in [9.17, 15) is 18.7 Å². The van der Waals surface area contributed by atoms with Crippen molar-refractivity contribution in [2.24, 2.45) is 0 Å². The van der Waals surface area contributed by atoms with Crippen molar-refractivity contribution in [3.8, 4) is 5.82 Å². The van der Waals surface area contributed by atoms with E-state index in [0.717, 1.165) is 6.92 Å². The van der Waals surface area contributed by atoms with Crippen LogP contribution in [0.4, 0.5) is 20.4 Å². The first-order valence-electron chi connectivity index (χ1n) is 9.39. The van der Waals surface area contributed by atoms with Gasteiger partial charge in [0.05, 0.1) is 16.5 Å². The molecule has 0 bridgehead atoms. The molecule has 0 aliphatic carbocycles. The number of anilines is 2. The van der Waals surface area contributed by atoms with Crippen LogP contribution in [-0.2, 0) is 10.7 Å². The largest absolute Gasteiger partial charge is 0.388 e. The molecular weight excluding hydrogens is 396 g/mol.